The first-order valence-electron chi connectivity index (χ1n) is 11.5. The average molecular weight is 553 g/mol. The molecule has 5 atom stereocenters. The lowest BCUT2D eigenvalue weighted by Crippen LogP contribution is -2.60. The molecule has 1 aromatic heterocycles. The second kappa shape index (κ2) is 8.27. The summed E-state index contributed by atoms with van der Waals surface area (Å²) in [5.41, 5.74) is -0.749. The Hall–Kier alpha value is -2.96. The summed E-state index contributed by atoms with van der Waals surface area (Å²) in [5, 5.41) is 15.3. The minimum atomic E-state index is -2.93. The van der Waals surface area contributed by atoms with Crippen molar-refractivity contribution in [2.24, 2.45) is 16.3 Å². The van der Waals surface area contributed by atoms with E-state index in [1.165, 1.54) is 35.5 Å². The van der Waals surface area contributed by atoms with E-state index >= 15 is 0 Å². The van der Waals surface area contributed by atoms with Crippen molar-refractivity contribution in [3.63, 3.8) is 0 Å². The zero-order valence-electron chi connectivity index (χ0n) is 19.3. The standard InChI is InChI=1S/C24H20ClF3N4O4S/c1-36-22(35)16-14(9-32-15-8-24(27,28)23(15)7-12(23)18(32)21(33)34)30-19(20-29-4-5-37-20)31-17(16)11-3-2-10(26)6-13(11)25/h2-6,12,15,17-18H,7-9H2,1H3,(H,30,31)(H,33,34)/t12?,15?,17-,18-,23?/m0/s1. The summed E-state index contributed by atoms with van der Waals surface area (Å²) < 4.78 is 48.0. The number of nitrogens with one attached hydrogen (secondary N) is 1. The number of benzene rings is 1. The summed E-state index contributed by atoms with van der Waals surface area (Å²) in [6, 6.07) is 0.890. The number of amidine groups is 1. The molecule has 2 saturated carbocycles. The zero-order valence-corrected chi connectivity index (χ0v) is 20.8. The fourth-order valence-corrected chi connectivity index (χ4v) is 7.10. The highest BCUT2D eigenvalue weighted by atomic mass is 35.5. The Morgan fingerprint density at radius 2 is 2.14 bits per heavy atom. The molecule has 3 heterocycles. The Kier molecular flexibility index (Phi) is 5.45. The minimum absolute atomic E-state index is 0.0262. The van der Waals surface area contributed by atoms with Crippen LogP contribution in [0.5, 0.6) is 0 Å². The maximum absolute atomic E-state index is 14.6. The first-order chi connectivity index (χ1) is 17.6. The van der Waals surface area contributed by atoms with Crippen LogP contribution in [0.15, 0.2) is 46.0 Å². The number of thiazole rings is 1. The number of hydrogen-bond acceptors (Lipinski definition) is 8. The number of methoxy groups -OCH3 is 1. The lowest BCUT2D eigenvalue weighted by Gasteiger charge is -2.48. The van der Waals surface area contributed by atoms with Crippen LogP contribution in [0.3, 0.4) is 0 Å². The molecule has 6 rings (SSSR count). The summed E-state index contributed by atoms with van der Waals surface area (Å²) in [6.45, 7) is -0.139. The molecule has 0 amide bonds. The predicted molar refractivity (Wildman–Crippen MR) is 127 cm³/mol. The van der Waals surface area contributed by atoms with Gasteiger partial charge in [0.15, 0.2) is 10.8 Å². The molecule has 2 aliphatic heterocycles. The van der Waals surface area contributed by atoms with Crippen LogP contribution in [0.4, 0.5) is 13.2 Å². The molecule has 2 aliphatic carbocycles. The van der Waals surface area contributed by atoms with E-state index in [0.29, 0.717) is 10.6 Å². The highest BCUT2D eigenvalue weighted by Gasteiger charge is 2.87. The number of rotatable bonds is 6. The van der Waals surface area contributed by atoms with Crippen molar-refractivity contribution >= 4 is 40.7 Å². The number of carboxylic acid groups (broad SMARTS) is 1. The van der Waals surface area contributed by atoms with E-state index in [-0.39, 0.29) is 35.1 Å². The van der Waals surface area contributed by atoms with Gasteiger partial charge >= 0.3 is 11.9 Å². The van der Waals surface area contributed by atoms with Gasteiger partial charge in [-0.3, -0.25) is 14.7 Å². The first-order valence-corrected chi connectivity index (χ1v) is 12.7. The average Bonchev–Trinajstić information content (AvgIpc) is 3.29. The van der Waals surface area contributed by atoms with Gasteiger partial charge in [-0.1, -0.05) is 17.7 Å². The number of halogens is 4. The largest absolute Gasteiger partial charge is 0.480 e. The first kappa shape index (κ1) is 24.4. The Bertz CT molecular complexity index is 1380. The van der Waals surface area contributed by atoms with E-state index < -0.39 is 59.6 Å². The van der Waals surface area contributed by atoms with Crippen molar-refractivity contribution in [3.05, 3.63) is 62.5 Å². The number of carboxylic acids is 1. The predicted octanol–water partition coefficient (Wildman–Crippen LogP) is 3.64. The molecule has 8 nitrogen and oxygen atoms in total. The van der Waals surface area contributed by atoms with Crippen LogP contribution in [-0.4, -0.2) is 64.4 Å². The number of likely N-dealkylation sites (tertiary alicyclic amines) is 1. The molecule has 13 heteroatoms. The van der Waals surface area contributed by atoms with Gasteiger partial charge in [0.2, 0.25) is 0 Å². The lowest BCUT2D eigenvalue weighted by atomic mass is 9.71. The number of hydrogen-bond donors (Lipinski definition) is 2. The Labute approximate surface area is 217 Å². The fourth-order valence-electron chi connectivity index (χ4n) is 6.24. The van der Waals surface area contributed by atoms with E-state index in [0.717, 1.165) is 6.07 Å². The molecule has 37 heavy (non-hydrogen) atoms. The monoisotopic (exact) mass is 552 g/mol. The number of carbonyl (C=O) groups is 2. The molecule has 2 N–H and O–H groups in total. The molecule has 3 fully saturated rings. The number of alkyl halides is 2. The van der Waals surface area contributed by atoms with E-state index in [2.05, 4.69) is 15.3 Å². The van der Waals surface area contributed by atoms with E-state index in [1.54, 1.807) is 11.6 Å². The maximum atomic E-state index is 14.6. The fraction of sp³-hybridized carbons (Fsp3) is 0.417. The summed E-state index contributed by atoms with van der Waals surface area (Å²) in [7, 11) is 1.18. The van der Waals surface area contributed by atoms with Gasteiger partial charge in [-0.05, 0) is 24.5 Å². The number of piperidine rings is 1. The van der Waals surface area contributed by atoms with Crippen LogP contribution in [0.2, 0.25) is 5.02 Å². The topological polar surface area (TPSA) is 104 Å². The van der Waals surface area contributed by atoms with Crippen LogP contribution in [0.25, 0.3) is 0 Å². The van der Waals surface area contributed by atoms with E-state index in [9.17, 15) is 27.9 Å². The Morgan fingerprint density at radius 3 is 2.76 bits per heavy atom. The smallest absolute Gasteiger partial charge is 0.338 e. The number of aromatic nitrogens is 1. The summed E-state index contributed by atoms with van der Waals surface area (Å²) in [5.74, 6) is -5.84. The van der Waals surface area contributed by atoms with Crippen LogP contribution in [-0.2, 0) is 14.3 Å². The number of ether oxygens (including phenoxy) is 1. The van der Waals surface area contributed by atoms with Crippen molar-refractivity contribution in [1.82, 2.24) is 15.2 Å². The lowest BCUT2D eigenvalue weighted by molar-refractivity contribution is -0.186. The molecule has 3 unspecified atom stereocenters. The summed E-state index contributed by atoms with van der Waals surface area (Å²) in [4.78, 5) is 35.7. The number of esters is 1. The van der Waals surface area contributed by atoms with Crippen molar-refractivity contribution in [3.8, 4) is 0 Å². The maximum Gasteiger partial charge on any atom is 0.338 e. The normalized spacial score (nSPS) is 31.5. The van der Waals surface area contributed by atoms with Crippen molar-refractivity contribution in [1.29, 1.82) is 0 Å². The minimum Gasteiger partial charge on any atom is -0.480 e. The van der Waals surface area contributed by atoms with Crippen molar-refractivity contribution in [2.45, 2.75) is 36.9 Å². The van der Waals surface area contributed by atoms with Gasteiger partial charge in [0.05, 0.1) is 18.1 Å². The highest BCUT2D eigenvalue weighted by Crippen LogP contribution is 2.79. The van der Waals surface area contributed by atoms with E-state index in [4.69, 9.17) is 16.3 Å². The van der Waals surface area contributed by atoms with Gasteiger partial charge in [-0.2, -0.15) is 0 Å². The van der Waals surface area contributed by atoms with Crippen LogP contribution in [0.1, 0.15) is 29.5 Å². The van der Waals surface area contributed by atoms with Gasteiger partial charge in [0.1, 0.15) is 17.9 Å². The molecular weight excluding hydrogens is 533 g/mol. The second-order valence-corrected chi connectivity index (χ2v) is 10.9. The number of aliphatic imine (C=N–C) groups is 1. The molecule has 194 valence electrons. The van der Waals surface area contributed by atoms with Gasteiger partial charge in [0, 0.05) is 46.9 Å². The number of carbonyl (C=O) groups excluding carboxylic acids is 1. The highest BCUT2D eigenvalue weighted by molar-refractivity contribution is 7.11. The van der Waals surface area contributed by atoms with Crippen molar-refractivity contribution in [2.75, 3.05) is 13.7 Å². The van der Waals surface area contributed by atoms with Gasteiger partial charge in [0.25, 0.3) is 5.92 Å². The third kappa shape index (κ3) is 3.45. The quantitative estimate of drug-likeness (QED) is 0.527. The van der Waals surface area contributed by atoms with Gasteiger partial charge < -0.3 is 15.2 Å². The van der Waals surface area contributed by atoms with Gasteiger partial charge in [-0.15, -0.1) is 11.3 Å². The molecule has 1 aromatic carbocycles. The van der Waals surface area contributed by atoms with Crippen LogP contribution >= 0.6 is 22.9 Å². The van der Waals surface area contributed by atoms with Crippen LogP contribution < -0.4 is 5.32 Å². The van der Waals surface area contributed by atoms with Crippen LogP contribution in [0, 0.1) is 17.2 Å². The Morgan fingerprint density at radius 1 is 1.35 bits per heavy atom. The molecule has 0 bridgehead atoms. The SMILES string of the molecule is COC(=O)C1=C(CN2C3CC(F)(F)C34CC4[C@H]2C(=O)O)NC(c2nccs2)=N[C@H]1c1ccc(F)cc1Cl. The zero-order chi connectivity index (χ0) is 26.3. The summed E-state index contributed by atoms with van der Waals surface area (Å²) in [6.07, 6.45) is 1.28. The third-order valence-electron chi connectivity index (χ3n) is 7.94. The molecule has 2 aromatic rings. The number of aliphatic carboxylic acids is 1. The molecular formula is C24H20ClF3N4O4S. The molecule has 1 saturated heterocycles. The second-order valence-electron chi connectivity index (χ2n) is 9.62. The Balaban J connectivity index is 1.46. The van der Waals surface area contributed by atoms with Crippen molar-refractivity contribution < 1.29 is 32.6 Å². The summed E-state index contributed by atoms with van der Waals surface area (Å²) >= 11 is 7.62. The van der Waals surface area contributed by atoms with Gasteiger partial charge in [-0.25, -0.2) is 22.9 Å². The molecule has 4 aliphatic rings. The number of nitrogens with zero attached hydrogens (tertiary/aromatic N) is 3. The molecule has 1 spiro atoms. The molecule has 0 radical (unpaired) electrons. The van der Waals surface area contributed by atoms with E-state index in [1.807, 2.05) is 0 Å². The third-order valence-corrected chi connectivity index (χ3v) is 9.05.